The van der Waals surface area contributed by atoms with Crippen LogP contribution in [0.5, 0.6) is 5.75 Å². The van der Waals surface area contributed by atoms with Gasteiger partial charge in [-0.3, -0.25) is 30.2 Å². The minimum atomic E-state index is -0.346. The van der Waals surface area contributed by atoms with Crippen LogP contribution in [0, 0.1) is 0 Å². The summed E-state index contributed by atoms with van der Waals surface area (Å²) in [6.45, 7) is 4.97. The summed E-state index contributed by atoms with van der Waals surface area (Å²) in [5.41, 5.74) is 5.40. The highest BCUT2D eigenvalue weighted by Crippen LogP contribution is 2.15. The molecule has 0 radical (unpaired) electrons. The summed E-state index contributed by atoms with van der Waals surface area (Å²) in [6.07, 6.45) is 0. The van der Waals surface area contributed by atoms with Crippen LogP contribution in [0.2, 0.25) is 5.02 Å². The molecule has 2 amide bonds. The molecule has 7 nitrogen and oxygen atoms in total. The summed E-state index contributed by atoms with van der Waals surface area (Å²) in [6, 6.07) is 14.2. The number of halogens is 2. The van der Waals surface area contributed by atoms with Crippen LogP contribution in [0.4, 0.5) is 0 Å². The van der Waals surface area contributed by atoms with Gasteiger partial charge in [0.2, 0.25) is 0 Å². The van der Waals surface area contributed by atoms with Gasteiger partial charge in [0.15, 0.2) is 0 Å². The zero-order chi connectivity index (χ0) is 21.3. The lowest BCUT2D eigenvalue weighted by Gasteiger charge is -2.34. The van der Waals surface area contributed by atoms with Crippen LogP contribution in [0.15, 0.2) is 53.0 Å². The fourth-order valence-electron chi connectivity index (χ4n) is 3.04. The van der Waals surface area contributed by atoms with Gasteiger partial charge < -0.3 is 4.74 Å². The molecule has 0 unspecified atom stereocenters. The molecule has 0 atom stereocenters. The maximum absolute atomic E-state index is 12.1. The predicted molar refractivity (Wildman–Crippen MR) is 120 cm³/mol. The molecule has 0 saturated carbocycles. The maximum atomic E-state index is 12.1. The van der Waals surface area contributed by atoms with Crippen molar-refractivity contribution < 1.29 is 14.3 Å². The summed E-state index contributed by atoms with van der Waals surface area (Å²) >= 11 is 9.19. The summed E-state index contributed by atoms with van der Waals surface area (Å²) in [7, 11) is 0. The predicted octanol–water partition coefficient (Wildman–Crippen LogP) is 2.56. The molecule has 0 aromatic heterocycles. The average Bonchev–Trinajstić information content (AvgIpc) is 2.75. The van der Waals surface area contributed by atoms with Crippen LogP contribution in [-0.4, -0.2) is 67.5 Å². The Hall–Kier alpha value is -2.13. The number of piperazine rings is 1. The van der Waals surface area contributed by atoms with Gasteiger partial charge in [-0.25, -0.2) is 0 Å². The molecule has 160 valence electrons. The van der Waals surface area contributed by atoms with Crippen molar-refractivity contribution in [3.05, 3.63) is 63.6 Å². The van der Waals surface area contributed by atoms with E-state index in [4.69, 9.17) is 16.3 Å². The van der Waals surface area contributed by atoms with Crippen LogP contribution >= 0.6 is 27.5 Å². The largest absolute Gasteiger partial charge is 0.492 e. The van der Waals surface area contributed by atoms with Crippen molar-refractivity contribution in [1.29, 1.82) is 0 Å². The van der Waals surface area contributed by atoms with Gasteiger partial charge in [-0.05, 0) is 48.5 Å². The molecule has 2 aromatic rings. The van der Waals surface area contributed by atoms with Crippen LogP contribution < -0.4 is 15.6 Å². The van der Waals surface area contributed by atoms with Gasteiger partial charge in [0, 0.05) is 47.8 Å². The van der Waals surface area contributed by atoms with Crippen LogP contribution in [0.1, 0.15) is 10.4 Å². The van der Waals surface area contributed by atoms with E-state index in [9.17, 15) is 9.59 Å². The number of carbonyl (C=O) groups is 2. The highest BCUT2D eigenvalue weighted by Gasteiger charge is 2.19. The third kappa shape index (κ3) is 7.28. The standard InChI is InChI=1S/C21H24BrClN4O3/c22-17-3-1-16(2-4-17)21(29)25-24-20(28)15-27-11-9-26(10-12-27)13-14-30-19-7-5-18(23)6-8-19/h1-8H,9-15H2,(H,24,28)(H,25,29). The number of hydrogen-bond acceptors (Lipinski definition) is 5. The van der Waals surface area contributed by atoms with Crippen molar-refractivity contribution in [1.82, 2.24) is 20.7 Å². The monoisotopic (exact) mass is 494 g/mol. The second-order valence-corrected chi connectivity index (χ2v) is 8.28. The number of nitrogens with zero attached hydrogens (tertiary/aromatic N) is 2. The Morgan fingerprint density at radius 3 is 2.23 bits per heavy atom. The average molecular weight is 496 g/mol. The van der Waals surface area contributed by atoms with E-state index in [0.29, 0.717) is 17.2 Å². The lowest BCUT2D eigenvalue weighted by molar-refractivity contribution is -0.123. The molecule has 1 aliphatic heterocycles. The van der Waals surface area contributed by atoms with Gasteiger partial charge in [0.05, 0.1) is 6.54 Å². The number of benzene rings is 2. The molecule has 3 rings (SSSR count). The van der Waals surface area contributed by atoms with E-state index in [1.807, 2.05) is 24.3 Å². The van der Waals surface area contributed by atoms with Crippen molar-refractivity contribution >= 4 is 39.3 Å². The van der Waals surface area contributed by atoms with E-state index < -0.39 is 0 Å². The first-order valence-corrected chi connectivity index (χ1v) is 10.8. The van der Waals surface area contributed by atoms with Crippen molar-refractivity contribution in [3.8, 4) is 5.75 Å². The minimum absolute atomic E-state index is 0.236. The Labute approximate surface area is 189 Å². The van der Waals surface area contributed by atoms with E-state index in [1.165, 1.54) is 0 Å². The lowest BCUT2D eigenvalue weighted by atomic mass is 10.2. The Morgan fingerprint density at radius 2 is 1.57 bits per heavy atom. The molecule has 2 N–H and O–H groups in total. The fraction of sp³-hybridized carbons (Fsp3) is 0.333. The first-order valence-electron chi connectivity index (χ1n) is 9.67. The second kappa shape index (κ2) is 11.3. The molecule has 1 aliphatic rings. The SMILES string of the molecule is O=C(CN1CCN(CCOc2ccc(Cl)cc2)CC1)NNC(=O)c1ccc(Br)cc1. The van der Waals surface area contributed by atoms with E-state index in [-0.39, 0.29) is 18.4 Å². The number of hydrogen-bond donors (Lipinski definition) is 2. The van der Waals surface area contributed by atoms with Gasteiger partial charge in [-0.2, -0.15) is 0 Å². The number of nitrogens with one attached hydrogen (secondary N) is 2. The second-order valence-electron chi connectivity index (χ2n) is 6.93. The van der Waals surface area contributed by atoms with Gasteiger partial charge in [0.25, 0.3) is 11.8 Å². The quantitative estimate of drug-likeness (QED) is 0.578. The number of rotatable bonds is 7. The lowest BCUT2D eigenvalue weighted by Crippen LogP contribution is -2.52. The maximum Gasteiger partial charge on any atom is 0.269 e. The van der Waals surface area contributed by atoms with Crippen LogP contribution in [0.25, 0.3) is 0 Å². The van der Waals surface area contributed by atoms with E-state index in [2.05, 4.69) is 36.6 Å². The van der Waals surface area contributed by atoms with Crippen molar-refractivity contribution in [3.63, 3.8) is 0 Å². The van der Waals surface area contributed by atoms with Crippen molar-refractivity contribution in [2.45, 2.75) is 0 Å². The number of ether oxygens (including phenoxy) is 1. The molecular weight excluding hydrogens is 472 g/mol. The fourth-order valence-corrected chi connectivity index (χ4v) is 3.43. The first-order chi connectivity index (χ1) is 14.5. The van der Waals surface area contributed by atoms with Gasteiger partial charge >= 0.3 is 0 Å². The number of amides is 2. The molecule has 1 heterocycles. The van der Waals surface area contributed by atoms with Gasteiger partial charge in [-0.15, -0.1) is 0 Å². The summed E-state index contributed by atoms with van der Waals surface area (Å²) in [5.74, 6) is 0.223. The Morgan fingerprint density at radius 1 is 0.933 bits per heavy atom. The molecule has 0 aliphatic carbocycles. The normalized spacial score (nSPS) is 14.9. The van der Waals surface area contributed by atoms with E-state index >= 15 is 0 Å². The molecule has 2 aromatic carbocycles. The highest BCUT2D eigenvalue weighted by molar-refractivity contribution is 9.10. The van der Waals surface area contributed by atoms with Crippen molar-refractivity contribution in [2.75, 3.05) is 45.9 Å². The van der Waals surface area contributed by atoms with Crippen molar-refractivity contribution in [2.24, 2.45) is 0 Å². The summed E-state index contributed by atoms with van der Waals surface area (Å²) in [4.78, 5) is 28.5. The summed E-state index contributed by atoms with van der Waals surface area (Å²) in [5, 5.41) is 0.690. The molecule has 1 saturated heterocycles. The Bertz CT molecular complexity index is 840. The minimum Gasteiger partial charge on any atom is -0.492 e. The van der Waals surface area contributed by atoms with Gasteiger partial charge in [-0.1, -0.05) is 27.5 Å². The third-order valence-corrected chi connectivity index (χ3v) is 5.52. The molecule has 0 bridgehead atoms. The van der Waals surface area contributed by atoms with E-state index in [0.717, 1.165) is 42.9 Å². The molecule has 30 heavy (non-hydrogen) atoms. The van der Waals surface area contributed by atoms with Crippen LogP contribution in [-0.2, 0) is 4.79 Å². The molecule has 1 fully saturated rings. The first kappa shape index (κ1) is 22.6. The third-order valence-electron chi connectivity index (χ3n) is 4.74. The zero-order valence-electron chi connectivity index (χ0n) is 16.4. The number of hydrazine groups is 1. The summed E-state index contributed by atoms with van der Waals surface area (Å²) < 4.78 is 6.62. The van der Waals surface area contributed by atoms with E-state index in [1.54, 1.807) is 24.3 Å². The zero-order valence-corrected chi connectivity index (χ0v) is 18.8. The Kier molecular flexibility index (Phi) is 8.50. The molecule has 9 heteroatoms. The Balaban J connectivity index is 1.30. The topological polar surface area (TPSA) is 73.9 Å². The highest BCUT2D eigenvalue weighted by atomic mass is 79.9. The molecule has 0 spiro atoms. The van der Waals surface area contributed by atoms with Crippen LogP contribution in [0.3, 0.4) is 0 Å². The molecular formula is C21H24BrClN4O3. The van der Waals surface area contributed by atoms with Gasteiger partial charge in [0.1, 0.15) is 12.4 Å². The number of carbonyl (C=O) groups excluding carboxylic acids is 2. The smallest absolute Gasteiger partial charge is 0.269 e.